The van der Waals surface area contributed by atoms with Crippen molar-refractivity contribution < 1.29 is 0 Å². The summed E-state index contributed by atoms with van der Waals surface area (Å²) < 4.78 is 1.82. The van der Waals surface area contributed by atoms with E-state index in [0.717, 1.165) is 11.3 Å². The molecule has 2 heterocycles. The molecule has 3 nitrogen and oxygen atoms in total. The minimum atomic E-state index is 0.447. The molecule has 1 fully saturated rings. The monoisotopic (exact) mass is 207 g/mol. The molecule has 1 saturated carbocycles. The molecule has 0 unspecified atom stereocenters. The van der Waals surface area contributed by atoms with E-state index in [-0.39, 0.29) is 0 Å². The van der Waals surface area contributed by atoms with Crippen molar-refractivity contribution in [2.75, 3.05) is 0 Å². The second-order valence-corrected chi connectivity index (χ2v) is 3.97. The lowest BCUT2D eigenvalue weighted by atomic mass is 10.3. The molecule has 4 heteroatoms. The fraction of sp³-hybridized carbons (Fsp3) is 0.400. The topological polar surface area (TPSA) is 30.2 Å². The van der Waals surface area contributed by atoms with E-state index in [9.17, 15) is 0 Å². The maximum atomic E-state index is 5.71. The van der Waals surface area contributed by atoms with Gasteiger partial charge in [-0.15, -0.1) is 11.6 Å². The highest BCUT2D eigenvalue weighted by atomic mass is 35.5. The Labute approximate surface area is 86.7 Å². The summed E-state index contributed by atoms with van der Waals surface area (Å²) in [5, 5.41) is 4.50. The van der Waals surface area contributed by atoms with Gasteiger partial charge in [0.15, 0.2) is 5.65 Å². The first-order valence-corrected chi connectivity index (χ1v) is 5.31. The standard InChI is InChI=1S/C10H10ClN3/c11-5-8-6-14-10(12-8)4-3-9(13-14)7-1-2-7/h3-4,6-7H,1-2,5H2. The van der Waals surface area contributed by atoms with Crippen molar-refractivity contribution in [1.29, 1.82) is 0 Å². The maximum absolute atomic E-state index is 5.71. The van der Waals surface area contributed by atoms with Crippen molar-refractivity contribution >= 4 is 17.2 Å². The van der Waals surface area contributed by atoms with E-state index in [1.54, 1.807) is 0 Å². The Morgan fingerprint density at radius 2 is 2.29 bits per heavy atom. The molecule has 0 aliphatic heterocycles. The van der Waals surface area contributed by atoms with Gasteiger partial charge in [-0.1, -0.05) is 0 Å². The zero-order valence-electron chi connectivity index (χ0n) is 7.65. The third-order valence-corrected chi connectivity index (χ3v) is 2.80. The molecule has 0 N–H and O–H groups in total. The Hall–Kier alpha value is -1.09. The lowest BCUT2D eigenvalue weighted by Gasteiger charge is -1.96. The number of hydrogen-bond acceptors (Lipinski definition) is 2. The number of halogens is 1. The molecule has 0 radical (unpaired) electrons. The fourth-order valence-corrected chi connectivity index (χ4v) is 1.74. The second-order valence-electron chi connectivity index (χ2n) is 3.70. The van der Waals surface area contributed by atoms with Crippen molar-refractivity contribution in [3.8, 4) is 0 Å². The molecule has 2 aromatic rings. The van der Waals surface area contributed by atoms with Crippen LogP contribution in [0, 0.1) is 0 Å². The SMILES string of the molecule is ClCc1cn2nc(C3CC3)ccc2n1. The zero-order chi connectivity index (χ0) is 9.54. The summed E-state index contributed by atoms with van der Waals surface area (Å²) in [6.07, 6.45) is 4.44. The predicted octanol–water partition coefficient (Wildman–Crippen LogP) is 2.35. The van der Waals surface area contributed by atoms with E-state index in [1.165, 1.54) is 18.5 Å². The highest BCUT2D eigenvalue weighted by Crippen LogP contribution is 2.38. The van der Waals surface area contributed by atoms with Crippen LogP contribution in [0.4, 0.5) is 0 Å². The van der Waals surface area contributed by atoms with Crippen LogP contribution in [0.25, 0.3) is 5.65 Å². The van der Waals surface area contributed by atoms with Gasteiger partial charge in [0.2, 0.25) is 0 Å². The number of aromatic nitrogens is 3. The molecule has 1 aliphatic carbocycles. The summed E-state index contributed by atoms with van der Waals surface area (Å²) in [5.41, 5.74) is 2.94. The van der Waals surface area contributed by atoms with E-state index < -0.39 is 0 Å². The molecule has 0 aromatic carbocycles. The van der Waals surface area contributed by atoms with E-state index in [2.05, 4.69) is 16.1 Å². The summed E-state index contributed by atoms with van der Waals surface area (Å²) in [4.78, 5) is 4.32. The van der Waals surface area contributed by atoms with Crippen molar-refractivity contribution in [2.24, 2.45) is 0 Å². The van der Waals surface area contributed by atoms with Crippen LogP contribution in [0.15, 0.2) is 18.3 Å². The van der Waals surface area contributed by atoms with Crippen LogP contribution in [0.2, 0.25) is 0 Å². The number of nitrogens with zero attached hydrogens (tertiary/aromatic N) is 3. The van der Waals surface area contributed by atoms with Gasteiger partial charge in [-0.25, -0.2) is 9.50 Å². The first-order chi connectivity index (χ1) is 6.86. The van der Waals surface area contributed by atoms with Gasteiger partial charge in [-0.3, -0.25) is 0 Å². The van der Waals surface area contributed by atoms with Crippen LogP contribution in [-0.2, 0) is 5.88 Å². The normalized spacial score (nSPS) is 16.4. The smallest absolute Gasteiger partial charge is 0.153 e. The molecular weight excluding hydrogens is 198 g/mol. The molecule has 0 amide bonds. The van der Waals surface area contributed by atoms with Crippen LogP contribution < -0.4 is 0 Å². The Kier molecular flexibility index (Phi) is 1.74. The first kappa shape index (κ1) is 8.24. The fourth-order valence-electron chi connectivity index (χ4n) is 1.61. The Morgan fingerprint density at radius 1 is 1.43 bits per heavy atom. The molecule has 3 rings (SSSR count). The summed E-state index contributed by atoms with van der Waals surface area (Å²) in [7, 11) is 0. The van der Waals surface area contributed by atoms with Gasteiger partial charge in [0.05, 0.1) is 23.5 Å². The molecule has 1 aliphatic rings. The quantitative estimate of drug-likeness (QED) is 0.708. The van der Waals surface area contributed by atoms with Crippen LogP contribution in [0.1, 0.15) is 30.1 Å². The number of alkyl halides is 1. The van der Waals surface area contributed by atoms with Gasteiger partial charge in [-0.2, -0.15) is 5.10 Å². The average Bonchev–Trinajstić information content (AvgIpc) is 2.97. The predicted molar refractivity (Wildman–Crippen MR) is 54.5 cm³/mol. The van der Waals surface area contributed by atoms with Gasteiger partial charge < -0.3 is 0 Å². The average molecular weight is 208 g/mol. The van der Waals surface area contributed by atoms with Gasteiger partial charge in [-0.05, 0) is 25.0 Å². The number of imidazole rings is 1. The molecule has 0 spiro atoms. The van der Waals surface area contributed by atoms with Crippen molar-refractivity contribution in [2.45, 2.75) is 24.6 Å². The van der Waals surface area contributed by atoms with Gasteiger partial charge in [0.25, 0.3) is 0 Å². The molecular formula is C10H10ClN3. The Balaban J connectivity index is 2.12. The van der Waals surface area contributed by atoms with Crippen LogP contribution in [0.3, 0.4) is 0 Å². The largest absolute Gasteiger partial charge is 0.231 e. The summed E-state index contributed by atoms with van der Waals surface area (Å²) in [5.74, 6) is 1.13. The summed E-state index contributed by atoms with van der Waals surface area (Å²) in [6, 6.07) is 4.08. The van der Waals surface area contributed by atoms with Gasteiger partial charge in [0, 0.05) is 5.92 Å². The minimum Gasteiger partial charge on any atom is -0.231 e. The van der Waals surface area contributed by atoms with E-state index in [0.29, 0.717) is 11.8 Å². The van der Waals surface area contributed by atoms with Crippen LogP contribution >= 0.6 is 11.6 Å². The van der Waals surface area contributed by atoms with Gasteiger partial charge in [0.1, 0.15) is 0 Å². The molecule has 0 atom stereocenters. The third kappa shape index (κ3) is 1.28. The van der Waals surface area contributed by atoms with E-state index in [4.69, 9.17) is 11.6 Å². The van der Waals surface area contributed by atoms with Crippen LogP contribution in [0.5, 0.6) is 0 Å². The van der Waals surface area contributed by atoms with E-state index in [1.807, 2.05) is 16.8 Å². The highest BCUT2D eigenvalue weighted by Gasteiger charge is 2.25. The van der Waals surface area contributed by atoms with Gasteiger partial charge >= 0.3 is 0 Å². The third-order valence-electron chi connectivity index (χ3n) is 2.52. The summed E-state index contributed by atoms with van der Waals surface area (Å²) >= 11 is 5.71. The lowest BCUT2D eigenvalue weighted by Crippen LogP contribution is -1.94. The number of fused-ring (bicyclic) bond motifs is 1. The Morgan fingerprint density at radius 3 is 3.00 bits per heavy atom. The maximum Gasteiger partial charge on any atom is 0.153 e. The highest BCUT2D eigenvalue weighted by molar-refractivity contribution is 6.16. The molecule has 2 aromatic heterocycles. The molecule has 0 bridgehead atoms. The molecule has 72 valence electrons. The Bertz CT molecular complexity index is 473. The number of rotatable bonds is 2. The van der Waals surface area contributed by atoms with Crippen molar-refractivity contribution in [3.63, 3.8) is 0 Å². The summed E-state index contributed by atoms with van der Waals surface area (Å²) in [6.45, 7) is 0. The van der Waals surface area contributed by atoms with Crippen LogP contribution in [-0.4, -0.2) is 14.6 Å². The lowest BCUT2D eigenvalue weighted by molar-refractivity contribution is 0.854. The molecule has 0 saturated heterocycles. The molecule has 14 heavy (non-hydrogen) atoms. The number of hydrogen-bond donors (Lipinski definition) is 0. The van der Waals surface area contributed by atoms with Crippen molar-refractivity contribution in [1.82, 2.24) is 14.6 Å². The second kappa shape index (κ2) is 2.95. The first-order valence-electron chi connectivity index (χ1n) is 4.78. The van der Waals surface area contributed by atoms with Crippen molar-refractivity contribution in [3.05, 3.63) is 29.7 Å². The zero-order valence-corrected chi connectivity index (χ0v) is 8.41. The minimum absolute atomic E-state index is 0.447. The van der Waals surface area contributed by atoms with E-state index >= 15 is 0 Å².